The van der Waals surface area contributed by atoms with E-state index >= 15 is 0 Å². The summed E-state index contributed by atoms with van der Waals surface area (Å²) in [5.41, 5.74) is 1.44. The third-order valence-corrected chi connectivity index (χ3v) is 4.25. The van der Waals surface area contributed by atoms with E-state index in [0.717, 1.165) is 12.1 Å². The minimum atomic E-state index is -4.79. The number of alkyl halides is 3. The van der Waals surface area contributed by atoms with Crippen LogP contribution in [-0.4, -0.2) is 26.3 Å². The number of rotatable bonds is 5. The predicted molar refractivity (Wildman–Crippen MR) is 104 cm³/mol. The first kappa shape index (κ1) is 20.8. The van der Waals surface area contributed by atoms with Crippen LogP contribution in [0.3, 0.4) is 0 Å². The molecule has 0 saturated heterocycles. The largest absolute Gasteiger partial charge is 0.573 e. The summed E-state index contributed by atoms with van der Waals surface area (Å²) >= 11 is 0. The molecule has 0 amide bonds. The van der Waals surface area contributed by atoms with Crippen molar-refractivity contribution < 1.29 is 22.4 Å². The smallest absolute Gasteiger partial charge is 0.406 e. The molecule has 2 aromatic heterocycles. The Balaban J connectivity index is 1.57. The van der Waals surface area contributed by atoms with Gasteiger partial charge >= 0.3 is 6.36 Å². The van der Waals surface area contributed by atoms with Crippen LogP contribution in [0.25, 0.3) is 23.0 Å². The standard InChI is InChI=1S/C21H12F3N5O3/c22-21(23,24)31-16-6-4-15(5-7-16)19-26-20(32-28-19)17-8-9-18(30)29(27-17)12-14-3-1-2-13(10-14)11-25/h1-10H,12H2. The normalized spacial score (nSPS) is 11.2. The number of hydrogen-bond acceptors (Lipinski definition) is 7. The first-order valence-electron chi connectivity index (χ1n) is 9.08. The van der Waals surface area contributed by atoms with Crippen LogP contribution in [0, 0.1) is 11.3 Å². The molecule has 4 aromatic rings. The summed E-state index contributed by atoms with van der Waals surface area (Å²) in [7, 11) is 0. The maximum atomic E-state index is 12.3. The number of nitrogens with zero attached hydrogens (tertiary/aromatic N) is 5. The van der Waals surface area contributed by atoms with Gasteiger partial charge < -0.3 is 9.26 Å². The lowest BCUT2D eigenvalue weighted by atomic mass is 10.1. The van der Waals surface area contributed by atoms with E-state index in [9.17, 15) is 18.0 Å². The van der Waals surface area contributed by atoms with Gasteiger partial charge in [0.05, 0.1) is 18.2 Å². The van der Waals surface area contributed by atoms with Crippen LogP contribution in [0.5, 0.6) is 5.75 Å². The Morgan fingerprint density at radius 3 is 2.59 bits per heavy atom. The SMILES string of the molecule is N#Cc1cccc(Cn2nc(-c3nc(-c4ccc(OC(F)(F)F)cc4)no3)ccc2=O)c1. The third-order valence-electron chi connectivity index (χ3n) is 4.25. The van der Waals surface area contributed by atoms with Crippen molar-refractivity contribution in [1.82, 2.24) is 19.9 Å². The van der Waals surface area contributed by atoms with E-state index in [-0.39, 0.29) is 35.3 Å². The summed E-state index contributed by atoms with van der Waals surface area (Å²) in [5, 5.41) is 17.1. The fourth-order valence-electron chi connectivity index (χ4n) is 2.84. The van der Waals surface area contributed by atoms with Crippen LogP contribution in [0.4, 0.5) is 13.2 Å². The highest BCUT2D eigenvalue weighted by Crippen LogP contribution is 2.26. The summed E-state index contributed by atoms with van der Waals surface area (Å²) in [6, 6.07) is 16.5. The van der Waals surface area contributed by atoms with Gasteiger partial charge in [-0.15, -0.1) is 13.2 Å². The number of hydrogen-bond donors (Lipinski definition) is 0. The molecular weight excluding hydrogens is 427 g/mol. The number of halogens is 3. The molecule has 160 valence electrons. The zero-order chi connectivity index (χ0) is 22.7. The Hall–Kier alpha value is -4.46. The molecule has 0 aliphatic rings. The zero-order valence-corrected chi connectivity index (χ0v) is 16.1. The summed E-state index contributed by atoms with van der Waals surface area (Å²) in [4.78, 5) is 16.4. The quantitative estimate of drug-likeness (QED) is 0.466. The number of benzene rings is 2. The second-order valence-electron chi connectivity index (χ2n) is 6.52. The molecule has 0 unspecified atom stereocenters. The number of nitriles is 1. The molecule has 0 aliphatic carbocycles. The molecule has 32 heavy (non-hydrogen) atoms. The zero-order valence-electron chi connectivity index (χ0n) is 16.1. The van der Waals surface area contributed by atoms with Crippen molar-refractivity contribution in [1.29, 1.82) is 5.26 Å². The lowest BCUT2D eigenvalue weighted by Gasteiger charge is -2.08. The Morgan fingerprint density at radius 2 is 1.88 bits per heavy atom. The molecule has 2 aromatic carbocycles. The number of aromatic nitrogens is 4. The third kappa shape index (κ3) is 4.81. The van der Waals surface area contributed by atoms with Crippen LogP contribution in [0.1, 0.15) is 11.1 Å². The first-order chi connectivity index (χ1) is 15.3. The van der Waals surface area contributed by atoms with Gasteiger partial charge in [0, 0.05) is 11.6 Å². The topological polar surface area (TPSA) is 107 Å². The van der Waals surface area contributed by atoms with Gasteiger partial charge in [-0.3, -0.25) is 4.79 Å². The fourth-order valence-corrected chi connectivity index (χ4v) is 2.84. The second-order valence-corrected chi connectivity index (χ2v) is 6.52. The molecule has 0 saturated carbocycles. The van der Waals surface area contributed by atoms with Gasteiger partial charge in [-0.1, -0.05) is 17.3 Å². The van der Waals surface area contributed by atoms with Gasteiger partial charge in [0.2, 0.25) is 5.82 Å². The molecule has 0 N–H and O–H groups in total. The lowest BCUT2D eigenvalue weighted by Crippen LogP contribution is -2.22. The van der Waals surface area contributed by atoms with Crippen molar-refractivity contribution in [2.45, 2.75) is 12.9 Å². The summed E-state index contributed by atoms with van der Waals surface area (Å²) in [6.07, 6.45) is -4.79. The predicted octanol–water partition coefficient (Wildman–Crippen LogP) is 3.78. The highest BCUT2D eigenvalue weighted by molar-refractivity contribution is 5.58. The van der Waals surface area contributed by atoms with Crippen LogP contribution in [-0.2, 0) is 6.54 Å². The summed E-state index contributed by atoms with van der Waals surface area (Å²) in [5.74, 6) is -0.228. The molecule has 0 spiro atoms. The monoisotopic (exact) mass is 439 g/mol. The molecule has 0 atom stereocenters. The average Bonchev–Trinajstić information content (AvgIpc) is 3.25. The molecular formula is C21H12F3N5O3. The van der Waals surface area contributed by atoms with Crippen molar-refractivity contribution in [3.63, 3.8) is 0 Å². The van der Waals surface area contributed by atoms with Crippen LogP contribution in [0.2, 0.25) is 0 Å². The average molecular weight is 439 g/mol. The molecule has 2 heterocycles. The molecule has 0 bridgehead atoms. The summed E-state index contributed by atoms with van der Waals surface area (Å²) in [6.45, 7) is 0.129. The highest BCUT2D eigenvalue weighted by Gasteiger charge is 2.31. The molecule has 0 fully saturated rings. The van der Waals surface area contributed by atoms with Crippen molar-refractivity contribution in [2.24, 2.45) is 0 Å². The van der Waals surface area contributed by atoms with E-state index in [4.69, 9.17) is 9.78 Å². The minimum absolute atomic E-state index is 0.0233. The molecule has 11 heteroatoms. The van der Waals surface area contributed by atoms with Gasteiger partial charge in [-0.05, 0) is 48.0 Å². The maximum Gasteiger partial charge on any atom is 0.573 e. The Morgan fingerprint density at radius 1 is 1.09 bits per heavy atom. The Bertz CT molecular complexity index is 1350. The van der Waals surface area contributed by atoms with Crippen molar-refractivity contribution >= 4 is 0 Å². The van der Waals surface area contributed by atoms with Gasteiger partial charge in [-0.25, -0.2) is 4.68 Å². The molecule has 4 rings (SSSR count). The maximum absolute atomic E-state index is 12.3. The van der Waals surface area contributed by atoms with Gasteiger partial charge in [0.15, 0.2) is 0 Å². The van der Waals surface area contributed by atoms with Crippen LogP contribution in [0.15, 0.2) is 70.0 Å². The van der Waals surface area contributed by atoms with Crippen molar-refractivity contribution in [3.05, 3.63) is 82.1 Å². The lowest BCUT2D eigenvalue weighted by molar-refractivity contribution is -0.274. The van der Waals surface area contributed by atoms with Crippen molar-refractivity contribution in [3.8, 4) is 34.8 Å². The molecule has 8 nitrogen and oxygen atoms in total. The molecule has 0 radical (unpaired) electrons. The fraction of sp³-hybridized carbons (Fsp3) is 0.0952. The van der Waals surface area contributed by atoms with Gasteiger partial charge in [0.25, 0.3) is 11.4 Å². The highest BCUT2D eigenvalue weighted by atomic mass is 19.4. The molecule has 0 aliphatic heterocycles. The summed E-state index contributed by atoms with van der Waals surface area (Å²) < 4.78 is 47.1. The van der Waals surface area contributed by atoms with E-state index in [1.165, 1.54) is 28.9 Å². The number of ether oxygens (including phenoxy) is 1. The van der Waals surface area contributed by atoms with Crippen molar-refractivity contribution in [2.75, 3.05) is 0 Å². The van der Waals surface area contributed by atoms with Gasteiger partial charge in [0.1, 0.15) is 11.4 Å². The van der Waals surface area contributed by atoms with Crippen LogP contribution >= 0.6 is 0 Å². The van der Waals surface area contributed by atoms with E-state index in [1.54, 1.807) is 24.3 Å². The minimum Gasteiger partial charge on any atom is -0.406 e. The second kappa shape index (κ2) is 8.35. The van der Waals surface area contributed by atoms with Gasteiger partial charge in [-0.2, -0.15) is 15.3 Å². The van der Waals surface area contributed by atoms with E-state index in [0.29, 0.717) is 16.7 Å². The van der Waals surface area contributed by atoms with Crippen LogP contribution < -0.4 is 10.3 Å². The Kier molecular flexibility index (Phi) is 5.43. The van der Waals surface area contributed by atoms with E-state index < -0.39 is 6.36 Å². The van der Waals surface area contributed by atoms with E-state index in [1.807, 2.05) is 6.07 Å². The van der Waals surface area contributed by atoms with E-state index in [2.05, 4.69) is 20.0 Å². The first-order valence-corrected chi connectivity index (χ1v) is 9.08. The Labute approximate surface area is 178 Å².